The van der Waals surface area contributed by atoms with Gasteiger partial charge in [0.2, 0.25) is 0 Å². The summed E-state index contributed by atoms with van der Waals surface area (Å²) in [6.45, 7) is 0.499. The van der Waals surface area contributed by atoms with Gasteiger partial charge in [-0.05, 0) is 47.0 Å². The Morgan fingerprint density at radius 3 is 2.54 bits per heavy atom. The number of carboxylic acids is 1. The van der Waals surface area contributed by atoms with Crippen LogP contribution in [0.4, 0.5) is 0 Å². The maximum Gasteiger partial charge on any atom is 0.321 e. The molecule has 0 amide bonds. The fourth-order valence-electron chi connectivity index (χ4n) is 3.81. The van der Waals surface area contributed by atoms with Gasteiger partial charge in [0.25, 0.3) is 0 Å². The molecule has 0 fully saturated rings. The summed E-state index contributed by atoms with van der Waals surface area (Å²) >= 11 is 18.5. The molecule has 182 valence electrons. The third kappa shape index (κ3) is 6.03. The molecule has 35 heavy (non-hydrogen) atoms. The number of carboxylic acid groups (broad SMARTS) is 1. The number of aromatic amines is 1. The van der Waals surface area contributed by atoms with Gasteiger partial charge in [-0.15, -0.1) is 0 Å². The van der Waals surface area contributed by atoms with Gasteiger partial charge in [-0.3, -0.25) is 4.79 Å². The number of rotatable bonds is 10. The molecule has 0 spiro atoms. The van der Waals surface area contributed by atoms with Gasteiger partial charge in [0, 0.05) is 30.1 Å². The van der Waals surface area contributed by atoms with Crippen LogP contribution >= 0.6 is 34.8 Å². The summed E-state index contributed by atoms with van der Waals surface area (Å²) < 4.78 is 11.4. The van der Waals surface area contributed by atoms with Crippen LogP contribution < -0.4 is 14.8 Å². The summed E-state index contributed by atoms with van der Waals surface area (Å²) in [5.41, 5.74) is 3.49. The molecule has 9 heteroatoms. The van der Waals surface area contributed by atoms with Crippen molar-refractivity contribution in [3.8, 4) is 11.5 Å². The lowest BCUT2D eigenvalue weighted by Crippen LogP contribution is -2.38. The van der Waals surface area contributed by atoms with Crippen LogP contribution in [-0.4, -0.2) is 29.2 Å². The number of hydrogen-bond acceptors (Lipinski definition) is 4. The van der Waals surface area contributed by atoms with E-state index in [0.29, 0.717) is 33.0 Å². The van der Waals surface area contributed by atoms with Crippen LogP contribution in [0.3, 0.4) is 0 Å². The Hall–Kier alpha value is -2.90. The standard InChI is InChI=1S/C26H23Cl3N2O4/c1-34-24-10-16(9-21(29)25(24)35-14-15-6-7-19(27)20(28)8-15)12-30-23(26(32)33)11-17-13-31-22-5-3-2-4-18(17)22/h2-10,13,23,30-31H,11-12,14H2,1H3,(H,32,33)/t23-/m0/s1. The molecule has 0 saturated carbocycles. The number of methoxy groups -OCH3 is 1. The monoisotopic (exact) mass is 532 g/mol. The zero-order valence-electron chi connectivity index (χ0n) is 18.8. The second kappa shape index (κ2) is 11.2. The van der Waals surface area contributed by atoms with Gasteiger partial charge in [0.15, 0.2) is 11.5 Å². The highest BCUT2D eigenvalue weighted by molar-refractivity contribution is 6.42. The molecular formula is C26H23Cl3N2O4. The predicted molar refractivity (Wildman–Crippen MR) is 139 cm³/mol. The van der Waals surface area contributed by atoms with E-state index in [1.54, 1.807) is 24.3 Å². The number of fused-ring (bicyclic) bond motifs is 1. The molecule has 4 aromatic rings. The number of aromatic nitrogens is 1. The summed E-state index contributed by atoms with van der Waals surface area (Å²) in [7, 11) is 1.52. The Balaban J connectivity index is 1.45. The van der Waals surface area contributed by atoms with Gasteiger partial charge in [0.05, 0.1) is 22.2 Å². The SMILES string of the molecule is COc1cc(CN[C@@H](Cc2c[nH]c3ccccc23)C(=O)O)cc(Cl)c1OCc1ccc(Cl)c(Cl)c1. The molecule has 4 rings (SSSR count). The van der Waals surface area contributed by atoms with Crippen LogP contribution in [-0.2, 0) is 24.4 Å². The summed E-state index contributed by atoms with van der Waals surface area (Å²) in [5.74, 6) is -0.106. The highest BCUT2D eigenvalue weighted by atomic mass is 35.5. The number of nitrogens with one attached hydrogen (secondary N) is 2. The number of ether oxygens (including phenoxy) is 2. The summed E-state index contributed by atoms with van der Waals surface area (Å²) in [5, 5.41) is 15.1. The lowest BCUT2D eigenvalue weighted by molar-refractivity contribution is -0.139. The van der Waals surface area contributed by atoms with Gasteiger partial charge in [-0.25, -0.2) is 0 Å². The number of H-pyrrole nitrogens is 1. The molecule has 0 aliphatic carbocycles. The molecule has 1 atom stereocenters. The number of aliphatic carboxylic acids is 1. The molecule has 3 aromatic carbocycles. The zero-order chi connectivity index (χ0) is 24.9. The Morgan fingerprint density at radius 1 is 1.03 bits per heavy atom. The molecule has 0 aliphatic heterocycles. The first kappa shape index (κ1) is 25.2. The van der Waals surface area contributed by atoms with Crippen LogP contribution in [0.2, 0.25) is 15.1 Å². The molecule has 1 aromatic heterocycles. The summed E-state index contributed by atoms with van der Waals surface area (Å²) in [4.78, 5) is 15.1. The average Bonchev–Trinajstić information content (AvgIpc) is 3.25. The Kier molecular flexibility index (Phi) is 8.08. The van der Waals surface area contributed by atoms with Gasteiger partial charge in [-0.1, -0.05) is 59.1 Å². The third-order valence-corrected chi connectivity index (χ3v) is 6.63. The number of para-hydroxylation sites is 1. The maximum atomic E-state index is 11.9. The minimum absolute atomic E-state index is 0.219. The summed E-state index contributed by atoms with van der Waals surface area (Å²) in [6, 6.07) is 15.7. The van der Waals surface area contributed by atoms with Crippen LogP contribution in [0.25, 0.3) is 10.9 Å². The Labute approximate surface area is 217 Å². The molecule has 0 radical (unpaired) electrons. The van der Waals surface area contributed by atoms with Gasteiger partial charge in [0.1, 0.15) is 12.6 Å². The van der Waals surface area contributed by atoms with Crippen molar-refractivity contribution in [1.82, 2.24) is 10.3 Å². The number of carbonyl (C=O) groups is 1. The van der Waals surface area contributed by atoms with Crippen molar-refractivity contribution in [3.05, 3.63) is 92.6 Å². The lowest BCUT2D eigenvalue weighted by Gasteiger charge is -2.17. The first-order valence-corrected chi connectivity index (χ1v) is 11.9. The van der Waals surface area contributed by atoms with E-state index in [1.165, 1.54) is 7.11 Å². The van der Waals surface area contributed by atoms with Crippen molar-refractivity contribution in [1.29, 1.82) is 0 Å². The second-order valence-electron chi connectivity index (χ2n) is 7.98. The maximum absolute atomic E-state index is 11.9. The minimum Gasteiger partial charge on any atom is -0.493 e. The first-order chi connectivity index (χ1) is 16.9. The first-order valence-electron chi connectivity index (χ1n) is 10.8. The van der Waals surface area contributed by atoms with Crippen molar-refractivity contribution in [2.45, 2.75) is 25.6 Å². The van der Waals surface area contributed by atoms with Crippen LogP contribution in [0.1, 0.15) is 16.7 Å². The van der Waals surface area contributed by atoms with Gasteiger partial charge < -0.3 is 24.9 Å². The van der Waals surface area contributed by atoms with Gasteiger partial charge in [-0.2, -0.15) is 0 Å². The molecular weight excluding hydrogens is 511 g/mol. The number of halogens is 3. The van der Waals surface area contributed by atoms with E-state index in [1.807, 2.05) is 36.5 Å². The molecule has 0 saturated heterocycles. The van der Waals surface area contributed by atoms with Crippen LogP contribution in [0, 0.1) is 0 Å². The van der Waals surface area contributed by atoms with E-state index in [4.69, 9.17) is 44.3 Å². The molecule has 3 N–H and O–H groups in total. The second-order valence-corrected chi connectivity index (χ2v) is 9.20. The van der Waals surface area contributed by atoms with E-state index < -0.39 is 12.0 Å². The van der Waals surface area contributed by atoms with Crippen LogP contribution in [0.5, 0.6) is 11.5 Å². The smallest absolute Gasteiger partial charge is 0.321 e. The van der Waals surface area contributed by atoms with E-state index in [2.05, 4.69) is 10.3 Å². The van der Waals surface area contributed by atoms with Crippen molar-refractivity contribution in [2.24, 2.45) is 0 Å². The van der Waals surface area contributed by atoms with E-state index in [0.717, 1.165) is 27.6 Å². The molecule has 1 heterocycles. The molecule has 6 nitrogen and oxygen atoms in total. The predicted octanol–water partition coefficient (Wildman–Crippen LogP) is 6.50. The third-order valence-electron chi connectivity index (χ3n) is 5.61. The van der Waals surface area contributed by atoms with Gasteiger partial charge >= 0.3 is 5.97 Å². The lowest BCUT2D eigenvalue weighted by atomic mass is 10.0. The van der Waals surface area contributed by atoms with E-state index in [9.17, 15) is 9.90 Å². The highest BCUT2D eigenvalue weighted by Gasteiger charge is 2.20. The topological polar surface area (TPSA) is 83.6 Å². The summed E-state index contributed by atoms with van der Waals surface area (Å²) in [6.07, 6.45) is 2.18. The van der Waals surface area contributed by atoms with Crippen molar-refractivity contribution < 1.29 is 19.4 Å². The highest BCUT2D eigenvalue weighted by Crippen LogP contribution is 2.37. The quantitative estimate of drug-likeness (QED) is 0.217. The van der Waals surface area contributed by atoms with Crippen molar-refractivity contribution in [2.75, 3.05) is 7.11 Å². The van der Waals surface area contributed by atoms with E-state index in [-0.39, 0.29) is 13.2 Å². The van der Waals surface area contributed by atoms with Crippen molar-refractivity contribution in [3.63, 3.8) is 0 Å². The largest absolute Gasteiger partial charge is 0.493 e. The normalized spacial score (nSPS) is 12.0. The number of benzene rings is 3. The zero-order valence-corrected chi connectivity index (χ0v) is 21.0. The molecule has 0 aliphatic rings. The minimum atomic E-state index is -0.935. The Morgan fingerprint density at radius 2 is 1.80 bits per heavy atom. The molecule has 0 bridgehead atoms. The number of hydrogen-bond donors (Lipinski definition) is 3. The van der Waals surface area contributed by atoms with Crippen LogP contribution in [0.15, 0.2) is 60.8 Å². The molecule has 0 unspecified atom stereocenters. The fraction of sp³-hybridized carbons (Fsp3) is 0.192. The fourth-order valence-corrected chi connectivity index (χ4v) is 4.42. The van der Waals surface area contributed by atoms with E-state index >= 15 is 0 Å². The van der Waals surface area contributed by atoms with Crippen molar-refractivity contribution >= 4 is 51.7 Å². The average molecular weight is 534 g/mol. The Bertz CT molecular complexity index is 1360.